The number of hydroxylamine groups is 1. The molecule has 0 saturated carbocycles. The summed E-state index contributed by atoms with van der Waals surface area (Å²) in [6, 6.07) is -0.220. The Bertz CT molecular complexity index is 278. The molecule has 0 radical (unpaired) electrons. The van der Waals surface area contributed by atoms with Gasteiger partial charge < -0.3 is 4.84 Å². The molecule has 1 aliphatic rings. The fourth-order valence-corrected chi connectivity index (χ4v) is 1.25. The number of nitrogens with one attached hydrogen (secondary N) is 1. The quantitative estimate of drug-likeness (QED) is 0.727. The zero-order valence-corrected chi connectivity index (χ0v) is 8.56. The molecule has 6 heteroatoms. The Hall–Kier alpha value is -0.880. The zero-order chi connectivity index (χ0) is 11.5. The normalized spacial score (nSPS) is 24.7. The van der Waals surface area contributed by atoms with Crippen molar-refractivity contribution in [3.05, 3.63) is 11.8 Å². The lowest BCUT2D eigenvalue weighted by Crippen LogP contribution is -2.28. The molecule has 1 fully saturated rings. The minimum absolute atomic E-state index is 0.220. The molecule has 0 aromatic rings. The maximum absolute atomic E-state index is 12.3. The van der Waals surface area contributed by atoms with Gasteiger partial charge in [0.2, 0.25) is 0 Å². The second-order valence-electron chi connectivity index (χ2n) is 3.23. The summed E-state index contributed by atoms with van der Waals surface area (Å²) in [5, 5.41) is 0. The van der Waals surface area contributed by atoms with Crippen molar-refractivity contribution < 1.29 is 18.0 Å². The molecule has 1 unspecified atom stereocenters. The number of allylic oxidation sites excluding steroid dienone is 2. The van der Waals surface area contributed by atoms with Crippen LogP contribution in [0.3, 0.4) is 0 Å². The molecule has 3 nitrogen and oxygen atoms in total. The lowest BCUT2D eigenvalue weighted by molar-refractivity contribution is -0.0924. The minimum atomic E-state index is -4.39. The average molecular weight is 222 g/mol. The third kappa shape index (κ3) is 3.32. The van der Waals surface area contributed by atoms with E-state index < -0.39 is 11.9 Å². The van der Waals surface area contributed by atoms with Crippen LogP contribution in [-0.4, -0.2) is 24.5 Å². The van der Waals surface area contributed by atoms with Gasteiger partial charge in [-0.3, -0.25) is 4.99 Å². The Morgan fingerprint density at radius 1 is 1.53 bits per heavy atom. The molecule has 1 aliphatic heterocycles. The summed E-state index contributed by atoms with van der Waals surface area (Å²) in [6.07, 6.45) is -2.79. The van der Waals surface area contributed by atoms with Crippen molar-refractivity contribution in [3.63, 3.8) is 0 Å². The topological polar surface area (TPSA) is 33.6 Å². The Morgan fingerprint density at radius 3 is 2.60 bits per heavy atom. The van der Waals surface area contributed by atoms with Crippen LogP contribution in [0.2, 0.25) is 0 Å². The summed E-state index contributed by atoms with van der Waals surface area (Å²) in [4.78, 5) is 8.41. The summed E-state index contributed by atoms with van der Waals surface area (Å²) in [5.41, 5.74) is 2.13. The van der Waals surface area contributed by atoms with E-state index in [4.69, 9.17) is 4.84 Å². The molecule has 0 aliphatic carbocycles. The number of hydrogen-bond donors (Lipinski definition) is 1. The Labute approximate surface area is 86.0 Å². The molecular weight excluding hydrogens is 209 g/mol. The van der Waals surface area contributed by atoms with Crippen LogP contribution < -0.4 is 5.48 Å². The van der Waals surface area contributed by atoms with Crippen molar-refractivity contribution in [2.45, 2.75) is 32.5 Å². The monoisotopic (exact) mass is 222 g/mol. The number of aliphatic imine (C=N–C) groups is 1. The van der Waals surface area contributed by atoms with Crippen LogP contribution in [-0.2, 0) is 4.84 Å². The highest BCUT2D eigenvalue weighted by Crippen LogP contribution is 2.26. The molecule has 1 rings (SSSR count). The second kappa shape index (κ2) is 4.76. The molecule has 0 aromatic heterocycles. The SMILES string of the molecule is C/C=C(\N=C(C)C1CCON1)C(F)(F)F. The van der Waals surface area contributed by atoms with E-state index in [2.05, 4.69) is 10.5 Å². The van der Waals surface area contributed by atoms with Gasteiger partial charge in [0.25, 0.3) is 0 Å². The third-order valence-corrected chi connectivity index (χ3v) is 2.10. The molecule has 1 atom stereocenters. The number of hydrogen-bond acceptors (Lipinski definition) is 3. The van der Waals surface area contributed by atoms with Gasteiger partial charge in [0.1, 0.15) is 5.70 Å². The lowest BCUT2D eigenvalue weighted by atomic mass is 10.1. The molecule has 0 bridgehead atoms. The zero-order valence-electron chi connectivity index (χ0n) is 8.56. The van der Waals surface area contributed by atoms with Crippen LogP contribution in [0.5, 0.6) is 0 Å². The van der Waals surface area contributed by atoms with Crippen molar-refractivity contribution in [2.75, 3.05) is 6.61 Å². The molecule has 1 heterocycles. The second-order valence-corrected chi connectivity index (χ2v) is 3.23. The van der Waals surface area contributed by atoms with Gasteiger partial charge in [-0.2, -0.15) is 18.7 Å². The molecule has 0 amide bonds. The summed E-state index contributed by atoms with van der Waals surface area (Å²) < 4.78 is 37.0. The van der Waals surface area contributed by atoms with Crippen LogP contribution in [0.1, 0.15) is 20.3 Å². The van der Waals surface area contributed by atoms with E-state index in [1.54, 1.807) is 6.92 Å². The van der Waals surface area contributed by atoms with E-state index in [0.29, 0.717) is 18.7 Å². The summed E-state index contributed by atoms with van der Waals surface area (Å²) in [7, 11) is 0. The van der Waals surface area contributed by atoms with Crippen molar-refractivity contribution in [1.29, 1.82) is 0 Å². The Morgan fingerprint density at radius 2 is 2.20 bits per heavy atom. The summed E-state index contributed by atoms with van der Waals surface area (Å²) in [6.45, 7) is 3.37. The Balaban J connectivity index is 2.75. The highest BCUT2D eigenvalue weighted by molar-refractivity contribution is 5.88. The van der Waals surface area contributed by atoms with Crippen molar-refractivity contribution >= 4 is 5.71 Å². The van der Waals surface area contributed by atoms with E-state index in [-0.39, 0.29) is 6.04 Å². The molecule has 0 aromatic carbocycles. The van der Waals surface area contributed by atoms with Gasteiger partial charge in [0.05, 0.1) is 12.6 Å². The van der Waals surface area contributed by atoms with Crippen LogP contribution in [0.4, 0.5) is 13.2 Å². The number of nitrogens with zero attached hydrogens (tertiary/aromatic N) is 1. The van der Waals surface area contributed by atoms with Gasteiger partial charge in [-0.1, -0.05) is 6.08 Å². The summed E-state index contributed by atoms with van der Waals surface area (Å²) in [5.74, 6) is 0. The van der Waals surface area contributed by atoms with Gasteiger partial charge in [-0.05, 0) is 20.3 Å². The first-order valence-electron chi connectivity index (χ1n) is 4.61. The van der Waals surface area contributed by atoms with E-state index in [1.165, 1.54) is 6.92 Å². The Kier molecular flexibility index (Phi) is 3.87. The van der Waals surface area contributed by atoms with Gasteiger partial charge in [-0.15, -0.1) is 0 Å². The smallest absolute Gasteiger partial charge is 0.301 e. The van der Waals surface area contributed by atoms with Crippen LogP contribution in [0.25, 0.3) is 0 Å². The van der Waals surface area contributed by atoms with Crippen LogP contribution in [0.15, 0.2) is 16.8 Å². The third-order valence-electron chi connectivity index (χ3n) is 2.10. The van der Waals surface area contributed by atoms with Gasteiger partial charge >= 0.3 is 6.18 Å². The predicted molar refractivity (Wildman–Crippen MR) is 50.4 cm³/mol. The van der Waals surface area contributed by atoms with Gasteiger partial charge in [0.15, 0.2) is 0 Å². The minimum Gasteiger partial charge on any atom is -0.301 e. The van der Waals surface area contributed by atoms with Gasteiger partial charge in [0, 0.05) is 5.71 Å². The fourth-order valence-electron chi connectivity index (χ4n) is 1.25. The molecule has 1 saturated heterocycles. The molecule has 1 N–H and O–H groups in total. The van der Waals surface area contributed by atoms with Crippen LogP contribution in [0, 0.1) is 0 Å². The highest BCUT2D eigenvalue weighted by Gasteiger charge is 2.33. The number of rotatable bonds is 2. The van der Waals surface area contributed by atoms with Crippen molar-refractivity contribution in [3.8, 4) is 0 Å². The van der Waals surface area contributed by atoms with E-state index in [9.17, 15) is 13.2 Å². The van der Waals surface area contributed by atoms with E-state index in [0.717, 1.165) is 6.08 Å². The van der Waals surface area contributed by atoms with Crippen molar-refractivity contribution in [2.24, 2.45) is 4.99 Å². The predicted octanol–water partition coefficient (Wildman–Crippen LogP) is 2.21. The molecular formula is C9H13F3N2O. The average Bonchev–Trinajstić information content (AvgIpc) is 2.64. The van der Waals surface area contributed by atoms with E-state index in [1.807, 2.05) is 0 Å². The van der Waals surface area contributed by atoms with Crippen LogP contribution >= 0.6 is 0 Å². The van der Waals surface area contributed by atoms with Gasteiger partial charge in [-0.25, -0.2) is 0 Å². The maximum atomic E-state index is 12.3. The number of alkyl halides is 3. The molecule has 15 heavy (non-hydrogen) atoms. The lowest BCUT2D eigenvalue weighted by Gasteiger charge is -2.11. The summed E-state index contributed by atoms with van der Waals surface area (Å²) >= 11 is 0. The molecule has 0 spiro atoms. The molecule has 86 valence electrons. The first-order valence-corrected chi connectivity index (χ1v) is 4.61. The van der Waals surface area contributed by atoms with Crippen molar-refractivity contribution in [1.82, 2.24) is 5.48 Å². The van der Waals surface area contributed by atoms with E-state index >= 15 is 0 Å². The number of halogens is 3. The highest BCUT2D eigenvalue weighted by atomic mass is 19.4. The fraction of sp³-hybridized carbons (Fsp3) is 0.667. The first kappa shape index (κ1) is 12.2. The standard InChI is InChI=1S/C9H13F3N2O/c1-3-8(9(10,11)12)13-6(2)7-4-5-15-14-7/h3,7,14H,4-5H2,1-2H3/b8-3-,13-6?. The largest absolute Gasteiger partial charge is 0.432 e. The maximum Gasteiger partial charge on any atom is 0.432 e. The first-order chi connectivity index (χ1) is 6.95.